The maximum atomic E-state index is 4.80. The van der Waals surface area contributed by atoms with Crippen molar-refractivity contribution in [3.05, 3.63) is 24.4 Å². The van der Waals surface area contributed by atoms with Crippen LogP contribution in [0.1, 0.15) is 31.1 Å². The molecule has 0 amide bonds. The standard InChI is InChI=1S/C8H12NO/c1-3-4-5-8-6-9-10-7(8)2/h6H,2-5H2,1H3. The van der Waals surface area contributed by atoms with Crippen LogP contribution in [0.15, 0.2) is 10.7 Å². The summed E-state index contributed by atoms with van der Waals surface area (Å²) in [4.78, 5) is 0. The van der Waals surface area contributed by atoms with Crippen molar-refractivity contribution in [1.29, 1.82) is 0 Å². The van der Waals surface area contributed by atoms with Crippen LogP contribution in [-0.2, 0) is 6.42 Å². The molecule has 0 saturated carbocycles. The van der Waals surface area contributed by atoms with E-state index in [2.05, 4.69) is 19.0 Å². The SMILES string of the molecule is [CH2]c1oncc1CCCC. The summed E-state index contributed by atoms with van der Waals surface area (Å²) in [6.45, 7) is 5.87. The molecule has 1 heterocycles. The van der Waals surface area contributed by atoms with Crippen LogP contribution < -0.4 is 0 Å². The van der Waals surface area contributed by atoms with Crippen LogP contribution in [0, 0.1) is 6.92 Å². The summed E-state index contributed by atoms with van der Waals surface area (Å²) in [5, 5.41) is 3.64. The van der Waals surface area contributed by atoms with Gasteiger partial charge >= 0.3 is 0 Å². The molecule has 0 N–H and O–H groups in total. The first-order valence-electron chi connectivity index (χ1n) is 3.60. The van der Waals surface area contributed by atoms with E-state index in [1.54, 1.807) is 6.20 Å². The fourth-order valence-corrected chi connectivity index (χ4v) is 0.855. The van der Waals surface area contributed by atoms with Crippen LogP contribution in [-0.4, -0.2) is 5.16 Å². The second kappa shape index (κ2) is 3.40. The highest BCUT2D eigenvalue weighted by Gasteiger charge is 2.00. The van der Waals surface area contributed by atoms with E-state index in [9.17, 15) is 0 Å². The van der Waals surface area contributed by atoms with E-state index in [0.29, 0.717) is 5.76 Å². The number of hydrogen-bond acceptors (Lipinski definition) is 2. The molecule has 2 heteroatoms. The topological polar surface area (TPSA) is 26.0 Å². The maximum absolute atomic E-state index is 4.80. The molecule has 0 saturated heterocycles. The number of unbranched alkanes of at least 4 members (excludes halogenated alkanes) is 1. The van der Waals surface area contributed by atoms with Crippen molar-refractivity contribution < 1.29 is 4.52 Å². The molecule has 2 nitrogen and oxygen atoms in total. The number of aryl methyl sites for hydroxylation is 1. The first kappa shape index (κ1) is 7.32. The summed E-state index contributed by atoms with van der Waals surface area (Å²) in [5.74, 6) is 0.716. The molecule has 1 aromatic heterocycles. The van der Waals surface area contributed by atoms with E-state index in [4.69, 9.17) is 4.52 Å². The molecule has 0 unspecified atom stereocenters. The molecule has 0 aliphatic rings. The van der Waals surface area contributed by atoms with Crippen molar-refractivity contribution in [2.24, 2.45) is 0 Å². The summed E-state index contributed by atoms with van der Waals surface area (Å²) in [6, 6.07) is 0. The molecule has 10 heavy (non-hydrogen) atoms. The normalized spacial score (nSPS) is 10.2. The Balaban J connectivity index is 2.49. The van der Waals surface area contributed by atoms with Gasteiger partial charge in [0.05, 0.1) is 6.20 Å². The quantitative estimate of drug-likeness (QED) is 0.640. The van der Waals surface area contributed by atoms with Gasteiger partial charge in [-0.2, -0.15) is 0 Å². The second-order valence-electron chi connectivity index (χ2n) is 2.38. The van der Waals surface area contributed by atoms with E-state index < -0.39 is 0 Å². The molecule has 1 aromatic rings. The van der Waals surface area contributed by atoms with Gasteiger partial charge in [-0.1, -0.05) is 18.5 Å². The summed E-state index contributed by atoms with van der Waals surface area (Å²) >= 11 is 0. The minimum atomic E-state index is 0.716. The van der Waals surface area contributed by atoms with Crippen LogP contribution in [0.25, 0.3) is 0 Å². The minimum absolute atomic E-state index is 0.716. The number of rotatable bonds is 3. The lowest BCUT2D eigenvalue weighted by molar-refractivity contribution is 0.406. The van der Waals surface area contributed by atoms with E-state index in [1.165, 1.54) is 12.8 Å². The van der Waals surface area contributed by atoms with Gasteiger partial charge in [0, 0.05) is 12.5 Å². The lowest BCUT2D eigenvalue weighted by Gasteiger charge is -1.92. The Morgan fingerprint density at radius 3 is 3.00 bits per heavy atom. The summed E-state index contributed by atoms with van der Waals surface area (Å²) in [6.07, 6.45) is 5.17. The van der Waals surface area contributed by atoms with Crippen molar-refractivity contribution in [3.63, 3.8) is 0 Å². The zero-order valence-electron chi connectivity index (χ0n) is 6.26. The Hall–Kier alpha value is -0.790. The summed E-state index contributed by atoms with van der Waals surface area (Å²) < 4.78 is 4.80. The highest BCUT2D eigenvalue weighted by molar-refractivity contribution is 5.15. The average Bonchev–Trinajstić information content (AvgIpc) is 2.31. The van der Waals surface area contributed by atoms with Crippen LogP contribution in [0.5, 0.6) is 0 Å². The molecule has 0 spiro atoms. The van der Waals surface area contributed by atoms with Gasteiger partial charge < -0.3 is 4.52 Å². The molecular formula is C8H12NO. The van der Waals surface area contributed by atoms with Gasteiger partial charge in [-0.15, -0.1) is 0 Å². The van der Waals surface area contributed by atoms with Crippen LogP contribution in [0.2, 0.25) is 0 Å². The summed E-state index contributed by atoms with van der Waals surface area (Å²) in [5.41, 5.74) is 1.14. The minimum Gasteiger partial charge on any atom is -0.361 e. The van der Waals surface area contributed by atoms with Crippen LogP contribution in [0.4, 0.5) is 0 Å². The highest BCUT2D eigenvalue weighted by atomic mass is 16.5. The Bertz CT molecular complexity index is 193. The lowest BCUT2D eigenvalue weighted by Crippen LogP contribution is -1.82. The fourth-order valence-electron chi connectivity index (χ4n) is 0.855. The van der Waals surface area contributed by atoms with Gasteiger partial charge in [-0.3, -0.25) is 0 Å². The Morgan fingerprint density at radius 2 is 2.50 bits per heavy atom. The zero-order valence-corrected chi connectivity index (χ0v) is 6.26. The maximum Gasteiger partial charge on any atom is 0.140 e. The number of aromatic nitrogens is 1. The van der Waals surface area contributed by atoms with E-state index >= 15 is 0 Å². The molecular weight excluding hydrogens is 126 g/mol. The van der Waals surface area contributed by atoms with Crippen molar-refractivity contribution >= 4 is 0 Å². The summed E-state index contributed by atoms with van der Waals surface area (Å²) in [7, 11) is 0. The van der Waals surface area contributed by atoms with E-state index in [0.717, 1.165) is 12.0 Å². The van der Waals surface area contributed by atoms with Crippen molar-refractivity contribution in [3.8, 4) is 0 Å². The predicted octanol–water partition coefficient (Wildman–Crippen LogP) is 2.20. The van der Waals surface area contributed by atoms with Gasteiger partial charge in [-0.05, 0) is 12.8 Å². The predicted molar refractivity (Wildman–Crippen MR) is 39.6 cm³/mol. The van der Waals surface area contributed by atoms with Crippen molar-refractivity contribution in [1.82, 2.24) is 5.16 Å². The fraction of sp³-hybridized carbons (Fsp3) is 0.500. The molecule has 1 radical (unpaired) electrons. The molecule has 0 atom stereocenters. The van der Waals surface area contributed by atoms with E-state index in [1.807, 2.05) is 0 Å². The van der Waals surface area contributed by atoms with Gasteiger partial charge in [0.25, 0.3) is 0 Å². The van der Waals surface area contributed by atoms with Gasteiger partial charge in [-0.25, -0.2) is 0 Å². The van der Waals surface area contributed by atoms with Gasteiger partial charge in [0.1, 0.15) is 5.76 Å². The average molecular weight is 138 g/mol. The lowest BCUT2D eigenvalue weighted by atomic mass is 10.1. The smallest absolute Gasteiger partial charge is 0.140 e. The Labute approximate surface area is 61.2 Å². The van der Waals surface area contributed by atoms with Gasteiger partial charge in [0.15, 0.2) is 0 Å². The first-order chi connectivity index (χ1) is 4.84. The highest BCUT2D eigenvalue weighted by Crippen LogP contribution is 2.08. The molecule has 0 bridgehead atoms. The second-order valence-corrected chi connectivity index (χ2v) is 2.38. The zero-order chi connectivity index (χ0) is 7.40. The third kappa shape index (κ3) is 1.59. The monoisotopic (exact) mass is 138 g/mol. The molecule has 0 aliphatic heterocycles. The van der Waals surface area contributed by atoms with Crippen LogP contribution >= 0.6 is 0 Å². The molecule has 0 fully saturated rings. The van der Waals surface area contributed by atoms with Crippen molar-refractivity contribution in [2.75, 3.05) is 0 Å². The van der Waals surface area contributed by atoms with Gasteiger partial charge in [0.2, 0.25) is 0 Å². The first-order valence-corrected chi connectivity index (χ1v) is 3.60. The third-order valence-electron chi connectivity index (χ3n) is 1.53. The number of hydrogen-bond donors (Lipinski definition) is 0. The Kier molecular flexibility index (Phi) is 2.49. The molecule has 0 aliphatic carbocycles. The largest absolute Gasteiger partial charge is 0.361 e. The molecule has 55 valence electrons. The Morgan fingerprint density at radius 1 is 1.70 bits per heavy atom. The number of nitrogens with zero attached hydrogens (tertiary/aromatic N) is 1. The van der Waals surface area contributed by atoms with Crippen LogP contribution in [0.3, 0.4) is 0 Å². The molecule has 0 aromatic carbocycles. The van der Waals surface area contributed by atoms with Crippen molar-refractivity contribution in [2.45, 2.75) is 26.2 Å². The van der Waals surface area contributed by atoms with E-state index in [-0.39, 0.29) is 0 Å². The third-order valence-corrected chi connectivity index (χ3v) is 1.53. The molecule has 1 rings (SSSR count).